The van der Waals surface area contributed by atoms with Crippen molar-refractivity contribution in [3.63, 3.8) is 0 Å². The number of carbonyl (C=O) groups is 2. The summed E-state index contributed by atoms with van der Waals surface area (Å²) in [5.41, 5.74) is 1.71. The lowest BCUT2D eigenvalue weighted by Crippen LogP contribution is -2.37. The standard InChI is InChI=1S/C27H27Cl2FN6O4/c1-31-27(38)40-20-2-3-36(15-20)24-12-22(30)21(17-13-32-26(33-14-17)35-4-6-39-7-5-35)11-23(24)34-25(37)16-8-18(28)10-19(29)9-16/h8-14,20H,2-7,15H2,1H3,(H,31,38)(H,34,37). The molecule has 0 bridgehead atoms. The van der Waals surface area contributed by atoms with Gasteiger partial charge in [0.15, 0.2) is 0 Å². The molecule has 0 aliphatic carbocycles. The smallest absolute Gasteiger partial charge is 0.407 e. The number of halogens is 3. The highest BCUT2D eigenvalue weighted by atomic mass is 35.5. The average molecular weight is 589 g/mol. The van der Waals surface area contributed by atoms with Crippen LogP contribution < -0.4 is 20.4 Å². The number of benzene rings is 2. The molecule has 1 unspecified atom stereocenters. The summed E-state index contributed by atoms with van der Waals surface area (Å²) in [5, 5.41) is 5.93. The van der Waals surface area contributed by atoms with Crippen molar-refractivity contribution in [2.45, 2.75) is 12.5 Å². The number of hydrogen-bond acceptors (Lipinski definition) is 8. The summed E-state index contributed by atoms with van der Waals surface area (Å²) >= 11 is 12.2. The molecule has 0 saturated carbocycles. The monoisotopic (exact) mass is 588 g/mol. The Morgan fingerprint density at radius 2 is 1.73 bits per heavy atom. The van der Waals surface area contributed by atoms with Crippen LogP contribution in [0.25, 0.3) is 11.1 Å². The summed E-state index contributed by atoms with van der Waals surface area (Å²) in [6.45, 7) is 3.35. The number of nitrogens with one attached hydrogen (secondary N) is 2. The molecule has 2 N–H and O–H groups in total. The summed E-state index contributed by atoms with van der Waals surface area (Å²) in [6, 6.07) is 7.42. The van der Waals surface area contributed by atoms with Crippen LogP contribution in [0.3, 0.4) is 0 Å². The maximum Gasteiger partial charge on any atom is 0.407 e. The molecule has 40 heavy (non-hydrogen) atoms. The summed E-state index contributed by atoms with van der Waals surface area (Å²) in [4.78, 5) is 37.7. The molecule has 3 heterocycles. The molecule has 2 aliphatic rings. The Balaban J connectivity index is 1.47. The first-order valence-corrected chi connectivity index (χ1v) is 13.5. The lowest BCUT2D eigenvalue weighted by molar-refractivity contribution is 0.102. The van der Waals surface area contributed by atoms with Gasteiger partial charge in [-0.2, -0.15) is 0 Å². The van der Waals surface area contributed by atoms with Gasteiger partial charge in [-0.25, -0.2) is 19.2 Å². The Morgan fingerprint density at radius 1 is 1.02 bits per heavy atom. The van der Waals surface area contributed by atoms with E-state index < -0.39 is 17.8 Å². The molecule has 0 radical (unpaired) electrons. The van der Waals surface area contributed by atoms with Gasteiger partial charge in [0.1, 0.15) is 11.9 Å². The molecule has 5 rings (SSSR count). The van der Waals surface area contributed by atoms with E-state index in [1.807, 2.05) is 9.80 Å². The molecule has 2 saturated heterocycles. The lowest BCUT2D eigenvalue weighted by Gasteiger charge is -2.26. The van der Waals surface area contributed by atoms with Gasteiger partial charge in [-0.05, 0) is 30.3 Å². The molecular formula is C27H27Cl2FN6O4. The van der Waals surface area contributed by atoms with E-state index in [4.69, 9.17) is 32.7 Å². The van der Waals surface area contributed by atoms with Crippen LogP contribution in [0.1, 0.15) is 16.8 Å². The van der Waals surface area contributed by atoms with Crippen molar-refractivity contribution < 1.29 is 23.5 Å². The van der Waals surface area contributed by atoms with E-state index >= 15 is 4.39 Å². The molecule has 1 aromatic heterocycles. The molecule has 10 nitrogen and oxygen atoms in total. The molecule has 3 aromatic rings. The number of nitrogens with zero attached hydrogens (tertiary/aromatic N) is 4. The maximum atomic E-state index is 15.6. The number of amides is 2. The summed E-state index contributed by atoms with van der Waals surface area (Å²) in [7, 11) is 1.48. The SMILES string of the molecule is CNC(=O)OC1CCN(c2cc(F)c(-c3cnc(N4CCOCC4)nc3)cc2NC(=O)c2cc(Cl)cc(Cl)c2)C1. The van der Waals surface area contributed by atoms with Gasteiger partial charge in [-0.15, -0.1) is 0 Å². The van der Waals surface area contributed by atoms with Gasteiger partial charge in [-0.1, -0.05) is 23.2 Å². The maximum absolute atomic E-state index is 15.6. The van der Waals surface area contributed by atoms with E-state index in [0.29, 0.717) is 78.7 Å². The zero-order valence-electron chi connectivity index (χ0n) is 21.6. The Kier molecular flexibility index (Phi) is 8.53. The Hall–Kier alpha value is -3.67. The van der Waals surface area contributed by atoms with E-state index in [2.05, 4.69) is 20.6 Å². The normalized spacial score (nSPS) is 17.1. The third kappa shape index (κ3) is 6.38. The highest BCUT2D eigenvalue weighted by Crippen LogP contribution is 2.36. The Morgan fingerprint density at radius 3 is 2.40 bits per heavy atom. The summed E-state index contributed by atoms with van der Waals surface area (Å²) in [6.07, 6.45) is 2.73. The van der Waals surface area contributed by atoms with Crippen molar-refractivity contribution in [3.05, 3.63) is 64.2 Å². The van der Waals surface area contributed by atoms with Crippen LogP contribution in [0, 0.1) is 5.82 Å². The summed E-state index contributed by atoms with van der Waals surface area (Å²) < 4.78 is 26.4. The van der Waals surface area contributed by atoms with E-state index in [9.17, 15) is 9.59 Å². The number of rotatable bonds is 6. The zero-order chi connectivity index (χ0) is 28.2. The van der Waals surface area contributed by atoms with Gasteiger partial charge in [0, 0.05) is 72.2 Å². The first-order valence-electron chi connectivity index (χ1n) is 12.7. The molecule has 1 atom stereocenters. The van der Waals surface area contributed by atoms with Crippen molar-refractivity contribution in [3.8, 4) is 11.1 Å². The van der Waals surface area contributed by atoms with Gasteiger partial charge in [0.2, 0.25) is 5.95 Å². The van der Waals surface area contributed by atoms with Crippen molar-refractivity contribution in [2.24, 2.45) is 0 Å². The largest absolute Gasteiger partial charge is 0.444 e. The molecule has 2 fully saturated rings. The molecule has 2 aliphatic heterocycles. The van der Waals surface area contributed by atoms with E-state index in [0.717, 1.165) is 0 Å². The Bertz CT molecular complexity index is 1380. The quantitative estimate of drug-likeness (QED) is 0.429. The van der Waals surface area contributed by atoms with Gasteiger partial charge < -0.3 is 29.9 Å². The number of anilines is 3. The minimum absolute atomic E-state index is 0.217. The lowest BCUT2D eigenvalue weighted by atomic mass is 10.1. The van der Waals surface area contributed by atoms with Crippen LogP contribution in [-0.2, 0) is 9.47 Å². The second-order valence-electron chi connectivity index (χ2n) is 9.34. The van der Waals surface area contributed by atoms with E-state index in [1.165, 1.54) is 31.3 Å². The van der Waals surface area contributed by atoms with Crippen LogP contribution in [0.15, 0.2) is 42.7 Å². The van der Waals surface area contributed by atoms with Gasteiger partial charge in [-0.3, -0.25) is 4.79 Å². The van der Waals surface area contributed by atoms with Crippen molar-refractivity contribution in [1.29, 1.82) is 0 Å². The molecular weight excluding hydrogens is 562 g/mol. The first-order chi connectivity index (χ1) is 19.3. The van der Waals surface area contributed by atoms with Crippen molar-refractivity contribution in [2.75, 3.05) is 61.6 Å². The third-order valence-corrected chi connectivity index (χ3v) is 7.10. The summed E-state index contributed by atoms with van der Waals surface area (Å²) in [5.74, 6) is -0.452. The highest BCUT2D eigenvalue weighted by molar-refractivity contribution is 6.35. The highest BCUT2D eigenvalue weighted by Gasteiger charge is 2.29. The molecule has 0 spiro atoms. The zero-order valence-corrected chi connectivity index (χ0v) is 23.1. The van der Waals surface area contributed by atoms with Crippen LogP contribution in [-0.4, -0.2) is 74.5 Å². The van der Waals surface area contributed by atoms with Crippen molar-refractivity contribution in [1.82, 2.24) is 15.3 Å². The van der Waals surface area contributed by atoms with Crippen LogP contribution in [0.5, 0.6) is 0 Å². The van der Waals surface area contributed by atoms with Gasteiger partial charge >= 0.3 is 6.09 Å². The average Bonchev–Trinajstić information content (AvgIpc) is 3.42. The Labute approximate surface area is 240 Å². The number of morpholine rings is 1. The molecule has 2 aromatic carbocycles. The fourth-order valence-electron chi connectivity index (χ4n) is 4.67. The number of hydrogen-bond donors (Lipinski definition) is 2. The second-order valence-corrected chi connectivity index (χ2v) is 10.2. The fourth-order valence-corrected chi connectivity index (χ4v) is 5.19. The van der Waals surface area contributed by atoms with E-state index in [1.54, 1.807) is 18.5 Å². The third-order valence-electron chi connectivity index (χ3n) is 6.66. The molecule has 13 heteroatoms. The molecule has 2 amide bonds. The second kappa shape index (κ2) is 12.2. The minimum Gasteiger partial charge on any atom is -0.444 e. The number of aromatic nitrogens is 2. The topological polar surface area (TPSA) is 109 Å². The number of alkyl carbamates (subject to hydrolysis) is 1. The number of carbonyl (C=O) groups excluding carboxylic acids is 2. The minimum atomic E-state index is -0.541. The van der Waals surface area contributed by atoms with Crippen LogP contribution in [0.4, 0.5) is 26.5 Å². The van der Waals surface area contributed by atoms with Crippen LogP contribution in [0.2, 0.25) is 10.0 Å². The van der Waals surface area contributed by atoms with Crippen molar-refractivity contribution >= 4 is 52.5 Å². The van der Waals surface area contributed by atoms with E-state index in [-0.39, 0.29) is 17.2 Å². The number of ether oxygens (including phenoxy) is 2. The predicted octanol–water partition coefficient (Wildman–Crippen LogP) is 4.61. The molecule has 210 valence electrons. The van der Waals surface area contributed by atoms with Gasteiger partial charge in [0.05, 0.1) is 31.1 Å². The van der Waals surface area contributed by atoms with Gasteiger partial charge in [0.25, 0.3) is 5.91 Å². The fraction of sp³-hybridized carbons (Fsp3) is 0.333. The first kappa shape index (κ1) is 27.9. The van der Waals surface area contributed by atoms with Crippen LogP contribution >= 0.6 is 23.2 Å². The predicted molar refractivity (Wildman–Crippen MR) is 151 cm³/mol.